The molecule has 146 valence electrons. The van der Waals surface area contributed by atoms with E-state index in [0.29, 0.717) is 5.92 Å². The van der Waals surface area contributed by atoms with Gasteiger partial charge in [0.05, 0.1) is 0 Å². The topological polar surface area (TPSA) is 44.4 Å². The number of carbonyl (C=O) groups excluding carboxylic acids is 1. The van der Waals surface area contributed by atoms with Crippen molar-refractivity contribution in [3.63, 3.8) is 0 Å². The summed E-state index contributed by atoms with van der Waals surface area (Å²) in [4.78, 5) is 15.3. The lowest BCUT2D eigenvalue weighted by Gasteiger charge is -2.56. The highest BCUT2D eigenvalue weighted by atomic mass is 16.2. The lowest BCUT2D eigenvalue weighted by Crippen LogP contribution is -2.61. The van der Waals surface area contributed by atoms with Crippen molar-refractivity contribution in [2.45, 2.75) is 88.6 Å². The molecular formula is C22H37N3O. The molecule has 0 atom stereocenters. The number of likely N-dealkylation sites (tertiary alicyclic amines) is 1. The van der Waals surface area contributed by atoms with Crippen LogP contribution in [0.5, 0.6) is 0 Å². The van der Waals surface area contributed by atoms with Crippen molar-refractivity contribution in [2.24, 2.45) is 23.7 Å². The first-order valence-corrected chi connectivity index (χ1v) is 11.5. The zero-order valence-corrected chi connectivity index (χ0v) is 16.3. The smallest absolute Gasteiger partial charge is 0.315 e. The molecule has 1 aliphatic heterocycles. The Hall–Kier alpha value is -0.770. The molecule has 0 radical (unpaired) electrons. The summed E-state index contributed by atoms with van der Waals surface area (Å²) in [6.07, 6.45) is 16.2. The summed E-state index contributed by atoms with van der Waals surface area (Å²) in [5, 5.41) is 6.70. The Morgan fingerprint density at radius 3 is 2.04 bits per heavy atom. The molecule has 6 fully saturated rings. The van der Waals surface area contributed by atoms with Gasteiger partial charge in [-0.1, -0.05) is 12.8 Å². The number of nitrogens with zero attached hydrogens (tertiary/aromatic N) is 1. The molecule has 2 amide bonds. The number of nitrogens with one attached hydrogen (secondary N) is 2. The maximum atomic E-state index is 12.6. The third-order valence-corrected chi connectivity index (χ3v) is 8.46. The van der Waals surface area contributed by atoms with Gasteiger partial charge in [-0.15, -0.1) is 0 Å². The molecule has 5 aliphatic carbocycles. The van der Waals surface area contributed by atoms with Crippen molar-refractivity contribution in [3.8, 4) is 0 Å². The van der Waals surface area contributed by atoms with Crippen molar-refractivity contribution in [2.75, 3.05) is 19.6 Å². The summed E-state index contributed by atoms with van der Waals surface area (Å²) in [5.74, 6) is 3.35. The molecule has 0 aromatic carbocycles. The van der Waals surface area contributed by atoms with Crippen LogP contribution in [0, 0.1) is 23.7 Å². The fourth-order valence-corrected chi connectivity index (χ4v) is 7.58. The zero-order valence-electron chi connectivity index (χ0n) is 16.3. The lowest BCUT2D eigenvalue weighted by molar-refractivity contribution is -0.0136. The number of carbonyl (C=O) groups is 1. The summed E-state index contributed by atoms with van der Waals surface area (Å²) < 4.78 is 0. The van der Waals surface area contributed by atoms with Crippen LogP contribution in [0.3, 0.4) is 0 Å². The van der Waals surface area contributed by atoms with Crippen LogP contribution < -0.4 is 10.6 Å². The van der Waals surface area contributed by atoms with E-state index in [1.54, 1.807) is 0 Å². The number of rotatable bonds is 4. The van der Waals surface area contributed by atoms with Gasteiger partial charge in [0.25, 0.3) is 0 Å². The van der Waals surface area contributed by atoms with Crippen LogP contribution in [-0.4, -0.2) is 42.1 Å². The molecule has 0 spiro atoms. The molecule has 4 nitrogen and oxygen atoms in total. The van der Waals surface area contributed by atoms with Crippen molar-refractivity contribution in [1.29, 1.82) is 0 Å². The monoisotopic (exact) mass is 359 g/mol. The Labute approximate surface area is 158 Å². The molecular weight excluding hydrogens is 322 g/mol. The molecule has 6 aliphatic rings. The van der Waals surface area contributed by atoms with Gasteiger partial charge in [-0.2, -0.15) is 0 Å². The van der Waals surface area contributed by atoms with Crippen molar-refractivity contribution < 1.29 is 4.79 Å². The molecule has 0 aromatic rings. The average Bonchev–Trinajstić information content (AvgIpc) is 3.13. The van der Waals surface area contributed by atoms with E-state index in [2.05, 4.69) is 15.5 Å². The van der Waals surface area contributed by atoms with E-state index in [1.165, 1.54) is 90.1 Å². The van der Waals surface area contributed by atoms with E-state index >= 15 is 0 Å². The molecule has 5 saturated carbocycles. The lowest BCUT2D eigenvalue weighted by atomic mass is 9.53. The molecule has 6 rings (SSSR count). The second kappa shape index (κ2) is 7.00. The first-order chi connectivity index (χ1) is 12.7. The predicted molar refractivity (Wildman–Crippen MR) is 104 cm³/mol. The standard InChI is InChI=1S/C22H37N3O/c26-21(24-22-12-17-9-18(13-22)11-19(10-17)14-22)23-15-16-5-7-25(8-6-16)20-3-1-2-4-20/h16-20H,1-15H2,(H2,23,24,26). The fourth-order valence-electron chi connectivity index (χ4n) is 7.58. The third-order valence-electron chi connectivity index (χ3n) is 8.46. The van der Waals surface area contributed by atoms with Gasteiger partial charge in [0, 0.05) is 18.1 Å². The van der Waals surface area contributed by atoms with Crippen molar-refractivity contribution in [3.05, 3.63) is 0 Å². The summed E-state index contributed by atoms with van der Waals surface area (Å²) in [6.45, 7) is 3.36. The van der Waals surface area contributed by atoms with Crippen LogP contribution >= 0.6 is 0 Å². The van der Waals surface area contributed by atoms with E-state index in [1.807, 2.05) is 0 Å². The largest absolute Gasteiger partial charge is 0.338 e. The van der Waals surface area contributed by atoms with Gasteiger partial charge in [0.2, 0.25) is 0 Å². The van der Waals surface area contributed by atoms with Crippen LogP contribution in [0.15, 0.2) is 0 Å². The third kappa shape index (κ3) is 3.50. The first kappa shape index (κ1) is 17.3. The Kier molecular flexibility index (Phi) is 4.67. The number of urea groups is 1. The highest BCUT2D eigenvalue weighted by Gasteiger charge is 2.51. The molecule has 1 heterocycles. The zero-order chi connectivity index (χ0) is 17.6. The molecule has 1 saturated heterocycles. The average molecular weight is 360 g/mol. The van der Waals surface area contributed by atoms with E-state index < -0.39 is 0 Å². The van der Waals surface area contributed by atoms with Crippen LogP contribution in [0.1, 0.15) is 77.0 Å². The number of hydrogen-bond acceptors (Lipinski definition) is 2. The van der Waals surface area contributed by atoms with Crippen molar-refractivity contribution in [1.82, 2.24) is 15.5 Å². The SMILES string of the molecule is O=C(NCC1CCN(C2CCCC2)CC1)NC12CC3CC(CC(C3)C1)C2. The molecule has 4 bridgehead atoms. The minimum atomic E-state index is 0.116. The van der Waals surface area contributed by atoms with Gasteiger partial charge in [-0.25, -0.2) is 4.79 Å². The number of piperidine rings is 1. The minimum Gasteiger partial charge on any atom is -0.338 e. The van der Waals surface area contributed by atoms with E-state index in [9.17, 15) is 4.79 Å². The van der Waals surface area contributed by atoms with E-state index in [4.69, 9.17) is 0 Å². The molecule has 4 heteroatoms. The minimum absolute atomic E-state index is 0.116. The molecule has 0 unspecified atom stereocenters. The maximum absolute atomic E-state index is 12.6. The molecule has 26 heavy (non-hydrogen) atoms. The highest BCUT2D eigenvalue weighted by Crippen LogP contribution is 2.55. The highest BCUT2D eigenvalue weighted by molar-refractivity contribution is 5.74. The second-order valence-electron chi connectivity index (χ2n) is 10.5. The van der Waals surface area contributed by atoms with Crippen LogP contribution in [0.25, 0.3) is 0 Å². The van der Waals surface area contributed by atoms with Gasteiger partial charge in [-0.05, 0) is 101 Å². The predicted octanol–water partition coefficient (Wildman–Crippen LogP) is 3.91. The van der Waals surface area contributed by atoms with Gasteiger partial charge in [-0.3, -0.25) is 0 Å². The fraction of sp³-hybridized carbons (Fsp3) is 0.955. The Morgan fingerprint density at radius 1 is 0.885 bits per heavy atom. The van der Waals surface area contributed by atoms with Gasteiger partial charge in [0.15, 0.2) is 0 Å². The van der Waals surface area contributed by atoms with Crippen LogP contribution in [0.4, 0.5) is 4.79 Å². The number of hydrogen-bond donors (Lipinski definition) is 2. The normalized spacial score (nSPS) is 40.8. The van der Waals surface area contributed by atoms with Crippen LogP contribution in [0.2, 0.25) is 0 Å². The van der Waals surface area contributed by atoms with Gasteiger partial charge >= 0.3 is 6.03 Å². The van der Waals surface area contributed by atoms with Gasteiger partial charge in [0.1, 0.15) is 0 Å². The number of amides is 2. The summed E-state index contributed by atoms with van der Waals surface area (Å²) >= 11 is 0. The quantitative estimate of drug-likeness (QED) is 0.799. The Balaban J connectivity index is 1.06. The van der Waals surface area contributed by atoms with E-state index in [0.717, 1.165) is 30.3 Å². The van der Waals surface area contributed by atoms with Crippen molar-refractivity contribution >= 4 is 6.03 Å². The van der Waals surface area contributed by atoms with Gasteiger partial charge < -0.3 is 15.5 Å². The molecule has 2 N–H and O–H groups in total. The Morgan fingerprint density at radius 2 is 1.46 bits per heavy atom. The summed E-state index contributed by atoms with van der Waals surface area (Å²) in [6, 6.07) is 0.980. The summed E-state index contributed by atoms with van der Waals surface area (Å²) in [7, 11) is 0. The van der Waals surface area contributed by atoms with E-state index in [-0.39, 0.29) is 11.6 Å². The van der Waals surface area contributed by atoms with Crippen LogP contribution in [-0.2, 0) is 0 Å². The maximum Gasteiger partial charge on any atom is 0.315 e. The Bertz CT molecular complexity index is 484. The first-order valence-electron chi connectivity index (χ1n) is 11.5. The summed E-state index contributed by atoms with van der Waals surface area (Å²) in [5.41, 5.74) is 0.144. The molecule has 0 aromatic heterocycles. The second-order valence-corrected chi connectivity index (χ2v) is 10.5.